The first-order valence-corrected chi connectivity index (χ1v) is 10.0. The Balaban J connectivity index is 1.90. The van der Waals surface area contributed by atoms with E-state index >= 15 is 0 Å². The molecule has 2 aliphatic rings. The normalized spacial score (nSPS) is 23.4. The predicted molar refractivity (Wildman–Crippen MR) is 108 cm³/mol. The van der Waals surface area contributed by atoms with Gasteiger partial charge in [0.2, 0.25) is 0 Å². The van der Waals surface area contributed by atoms with Gasteiger partial charge < -0.3 is 25.3 Å². The maximum absolute atomic E-state index is 14.8. The second-order valence-corrected chi connectivity index (χ2v) is 7.26. The van der Waals surface area contributed by atoms with Gasteiger partial charge in [0.25, 0.3) is 0 Å². The molecular formula is C22H29FN2O4. The monoisotopic (exact) mass is 404 g/mol. The molecule has 7 heteroatoms. The lowest BCUT2D eigenvalue weighted by Crippen LogP contribution is -2.45. The number of nitrogens with one attached hydrogen (secondary N) is 1. The van der Waals surface area contributed by atoms with Crippen LogP contribution in [0.15, 0.2) is 41.6 Å². The minimum atomic E-state index is -0.342. The Bertz CT molecular complexity index is 793. The fourth-order valence-corrected chi connectivity index (χ4v) is 4.06. The van der Waals surface area contributed by atoms with Crippen molar-refractivity contribution in [2.24, 2.45) is 11.7 Å². The fourth-order valence-electron chi connectivity index (χ4n) is 4.06. The van der Waals surface area contributed by atoms with Crippen LogP contribution in [0.2, 0.25) is 0 Å². The lowest BCUT2D eigenvalue weighted by molar-refractivity contribution is -0.138. The first-order valence-electron chi connectivity index (χ1n) is 10.0. The van der Waals surface area contributed by atoms with E-state index in [1.807, 2.05) is 12.2 Å². The van der Waals surface area contributed by atoms with Crippen molar-refractivity contribution in [3.8, 4) is 5.75 Å². The molecule has 0 spiro atoms. The molecule has 0 aromatic heterocycles. The van der Waals surface area contributed by atoms with Crippen LogP contribution in [0.1, 0.15) is 31.2 Å². The van der Waals surface area contributed by atoms with E-state index in [1.54, 1.807) is 26.2 Å². The van der Waals surface area contributed by atoms with Crippen molar-refractivity contribution in [3.05, 3.63) is 53.0 Å². The van der Waals surface area contributed by atoms with E-state index < -0.39 is 0 Å². The van der Waals surface area contributed by atoms with Gasteiger partial charge in [-0.3, -0.25) is 0 Å². The van der Waals surface area contributed by atoms with Gasteiger partial charge in [0.05, 0.1) is 32.5 Å². The highest BCUT2D eigenvalue weighted by Crippen LogP contribution is 2.43. The number of carbonyl (C=O) groups is 1. The molecule has 0 amide bonds. The first kappa shape index (κ1) is 21.3. The van der Waals surface area contributed by atoms with Gasteiger partial charge in [0, 0.05) is 24.2 Å². The molecule has 158 valence electrons. The first-order chi connectivity index (χ1) is 14.1. The average molecular weight is 404 g/mol. The van der Waals surface area contributed by atoms with Gasteiger partial charge in [0.15, 0.2) is 0 Å². The van der Waals surface area contributed by atoms with Crippen LogP contribution in [0.5, 0.6) is 5.75 Å². The summed E-state index contributed by atoms with van der Waals surface area (Å²) in [7, 11) is 1.57. The van der Waals surface area contributed by atoms with Crippen LogP contribution in [0, 0.1) is 11.7 Å². The zero-order chi connectivity index (χ0) is 20.8. The molecule has 3 N–H and O–H groups in total. The lowest BCUT2D eigenvalue weighted by Gasteiger charge is -2.41. The third-order valence-corrected chi connectivity index (χ3v) is 5.39. The Labute approximate surface area is 170 Å². The third-order valence-electron chi connectivity index (χ3n) is 5.39. The molecule has 1 saturated heterocycles. The highest BCUT2D eigenvalue weighted by atomic mass is 19.1. The molecule has 1 aliphatic heterocycles. The van der Waals surface area contributed by atoms with Crippen molar-refractivity contribution in [3.63, 3.8) is 0 Å². The summed E-state index contributed by atoms with van der Waals surface area (Å²) < 4.78 is 30.8. The number of ether oxygens (including phenoxy) is 3. The molecule has 1 aromatic carbocycles. The third kappa shape index (κ3) is 4.97. The van der Waals surface area contributed by atoms with Crippen LogP contribution in [-0.2, 0) is 14.3 Å². The summed E-state index contributed by atoms with van der Waals surface area (Å²) in [6.07, 6.45) is 5.04. The summed E-state index contributed by atoms with van der Waals surface area (Å²) in [6.45, 7) is 3.47. The number of benzene rings is 1. The van der Waals surface area contributed by atoms with E-state index in [2.05, 4.69) is 5.32 Å². The number of hydrogen-bond acceptors (Lipinski definition) is 6. The quantitative estimate of drug-likeness (QED) is 0.512. The summed E-state index contributed by atoms with van der Waals surface area (Å²) in [5, 5.41) is 3.48. The van der Waals surface area contributed by atoms with Gasteiger partial charge in [0.1, 0.15) is 11.6 Å². The van der Waals surface area contributed by atoms with Crippen molar-refractivity contribution >= 4 is 5.97 Å². The van der Waals surface area contributed by atoms with E-state index in [0.717, 1.165) is 5.70 Å². The maximum atomic E-state index is 14.8. The standard InChI is InChI=1S/C22H29FN2O4/c1-3-29-22(26)14-4-6-17-18(19-12-16(27-2)5-7-20(19)23)11-15(13-28-9-8-24)25-21(17)10-14/h4-5,7,10,12,15,17-18,25H,3,6,8-9,11,13,24H2,1-2H3. The van der Waals surface area contributed by atoms with Gasteiger partial charge in [-0.05, 0) is 55.5 Å². The summed E-state index contributed by atoms with van der Waals surface area (Å²) in [5.41, 5.74) is 7.58. The number of nitrogens with two attached hydrogens (primary N) is 1. The SMILES string of the molecule is CCOC(=O)C1=CCC2C(=C1)NC(COCCN)CC2c1cc(OC)ccc1F. The smallest absolute Gasteiger partial charge is 0.337 e. The maximum Gasteiger partial charge on any atom is 0.337 e. The summed E-state index contributed by atoms with van der Waals surface area (Å²) >= 11 is 0. The van der Waals surface area contributed by atoms with Crippen molar-refractivity contribution in [2.75, 3.05) is 33.5 Å². The van der Waals surface area contributed by atoms with Crippen LogP contribution in [0.4, 0.5) is 4.39 Å². The molecule has 3 atom stereocenters. The van der Waals surface area contributed by atoms with E-state index in [4.69, 9.17) is 19.9 Å². The number of carbonyl (C=O) groups excluding carboxylic acids is 1. The molecule has 0 radical (unpaired) electrons. The largest absolute Gasteiger partial charge is 0.497 e. The molecule has 0 saturated carbocycles. The topological polar surface area (TPSA) is 82.8 Å². The zero-order valence-electron chi connectivity index (χ0n) is 16.9. The van der Waals surface area contributed by atoms with Gasteiger partial charge >= 0.3 is 5.97 Å². The van der Waals surface area contributed by atoms with Crippen LogP contribution < -0.4 is 15.8 Å². The summed E-state index contributed by atoms with van der Waals surface area (Å²) in [5.74, 6) is 0.00860. The van der Waals surface area contributed by atoms with E-state index in [0.29, 0.717) is 56.1 Å². The Kier molecular flexibility index (Phi) is 7.28. The number of methoxy groups -OCH3 is 1. The van der Waals surface area contributed by atoms with Gasteiger partial charge in [-0.2, -0.15) is 0 Å². The highest BCUT2D eigenvalue weighted by Gasteiger charge is 2.37. The summed E-state index contributed by atoms with van der Waals surface area (Å²) in [6, 6.07) is 4.83. The number of esters is 1. The molecule has 3 unspecified atom stereocenters. The number of hydrogen-bond donors (Lipinski definition) is 2. The molecule has 6 nitrogen and oxygen atoms in total. The van der Waals surface area contributed by atoms with Gasteiger partial charge in [-0.25, -0.2) is 9.18 Å². The van der Waals surface area contributed by atoms with Crippen molar-refractivity contribution in [1.82, 2.24) is 5.32 Å². The highest BCUT2D eigenvalue weighted by molar-refractivity contribution is 5.92. The van der Waals surface area contributed by atoms with E-state index in [1.165, 1.54) is 6.07 Å². The Hall–Kier alpha value is -2.38. The molecule has 1 aromatic rings. The Morgan fingerprint density at radius 2 is 2.17 bits per heavy atom. The second-order valence-electron chi connectivity index (χ2n) is 7.26. The molecule has 1 fully saturated rings. The van der Waals surface area contributed by atoms with Crippen molar-refractivity contribution in [1.29, 1.82) is 0 Å². The van der Waals surface area contributed by atoms with Crippen LogP contribution in [0.3, 0.4) is 0 Å². The van der Waals surface area contributed by atoms with Crippen LogP contribution >= 0.6 is 0 Å². The molecule has 0 bridgehead atoms. The predicted octanol–water partition coefficient (Wildman–Crippen LogP) is 2.65. The van der Waals surface area contributed by atoms with Crippen molar-refractivity contribution < 1.29 is 23.4 Å². The minimum absolute atomic E-state index is 0.0128. The molecule has 29 heavy (non-hydrogen) atoms. The van der Waals surface area contributed by atoms with E-state index in [-0.39, 0.29) is 29.7 Å². The Morgan fingerprint density at radius 1 is 1.34 bits per heavy atom. The minimum Gasteiger partial charge on any atom is -0.497 e. The fraction of sp³-hybridized carbons (Fsp3) is 0.500. The lowest BCUT2D eigenvalue weighted by atomic mass is 9.73. The molecule has 3 rings (SSSR count). The molecular weight excluding hydrogens is 375 g/mol. The van der Waals surface area contributed by atoms with E-state index in [9.17, 15) is 9.18 Å². The molecule has 1 heterocycles. The number of halogens is 1. The Morgan fingerprint density at radius 3 is 2.90 bits per heavy atom. The van der Waals surface area contributed by atoms with Crippen LogP contribution in [-0.4, -0.2) is 45.5 Å². The number of fused-ring (bicyclic) bond motifs is 1. The average Bonchev–Trinajstić information content (AvgIpc) is 2.73. The zero-order valence-corrected chi connectivity index (χ0v) is 16.9. The number of allylic oxidation sites excluding steroid dienone is 2. The second kappa shape index (κ2) is 9.89. The number of rotatable bonds is 8. The van der Waals surface area contributed by atoms with Crippen molar-refractivity contribution in [2.45, 2.75) is 31.7 Å². The van der Waals surface area contributed by atoms with Gasteiger partial charge in [-0.15, -0.1) is 0 Å². The van der Waals surface area contributed by atoms with Crippen LogP contribution in [0.25, 0.3) is 0 Å². The van der Waals surface area contributed by atoms with Gasteiger partial charge in [-0.1, -0.05) is 6.08 Å². The summed E-state index contributed by atoms with van der Waals surface area (Å²) in [4.78, 5) is 12.2. The molecule has 1 aliphatic carbocycles. The number of piperidine rings is 1.